The number of carbonyl (C=O) groups is 1. The van der Waals surface area contributed by atoms with Gasteiger partial charge in [0.15, 0.2) is 0 Å². The lowest BCUT2D eigenvalue weighted by Crippen LogP contribution is -2.13. The minimum atomic E-state index is -0.164. The van der Waals surface area contributed by atoms with E-state index in [0.717, 1.165) is 23.5 Å². The van der Waals surface area contributed by atoms with Crippen LogP contribution in [0, 0.1) is 0 Å². The number of ether oxygens (including phenoxy) is 1. The molecule has 0 aliphatic carbocycles. The van der Waals surface area contributed by atoms with Gasteiger partial charge in [0.1, 0.15) is 0 Å². The van der Waals surface area contributed by atoms with Crippen LogP contribution in [0.2, 0.25) is 0 Å². The monoisotopic (exact) mass is 267 g/mol. The zero-order valence-electron chi connectivity index (χ0n) is 11.0. The Kier molecular flexibility index (Phi) is 6.83. The minimum absolute atomic E-state index is 0.0264. The van der Waals surface area contributed by atoms with E-state index in [1.807, 2.05) is 0 Å². The molecule has 2 N–H and O–H groups in total. The SMILES string of the molecule is CCc1ccc(C(N)CSCCC(=O)OC)cc1. The second-order valence-electron chi connectivity index (χ2n) is 4.10. The maximum Gasteiger partial charge on any atom is 0.306 e. The van der Waals surface area contributed by atoms with Crippen molar-refractivity contribution in [3.05, 3.63) is 35.4 Å². The molecular formula is C14H21NO2S. The van der Waals surface area contributed by atoms with Crippen LogP contribution in [-0.2, 0) is 16.0 Å². The van der Waals surface area contributed by atoms with Gasteiger partial charge in [-0.3, -0.25) is 4.79 Å². The Morgan fingerprint density at radius 1 is 1.39 bits per heavy atom. The molecule has 0 heterocycles. The van der Waals surface area contributed by atoms with E-state index in [2.05, 4.69) is 35.9 Å². The first-order chi connectivity index (χ1) is 8.67. The highest BCUT2D eigenvalue weighted by Crippen LogP contribution is 2.17. The predicted molar refractivity (Wildman–Crippen MR) is 76.7 cm³/mol. The number of thioether (sulfide) groups is 1. The van der Waals surface area contributed by atoms with Crippen LogP contribution in [0.1, 0.15) is 30.5 Å². The fourth-order valence-electron chi connectivity index (χ4n) is 1.56. The molecule has 0 aliphatic rings. The molecule has 0 saturated carbocycles. The van der Waals surface area contributed by atoms with Gasteiger partial charge in [0.05, 0.1) is 13.5 Å². The van der Waals surface area contributed by atoms with Crippen molar-refractivity contribution < 1.29 is 9.53 Å². The standard InChI is InChI=1S/C14H21NO2S/c1-3-11-4-6-12(7-5-11)13(15)10-18-9-8-14(16)17-2/h4-7,13H,3,8-10,15H2,1-2H3. The van der Waals surface area contributed by atoms with Crippen molar-refractivity contribution >= 4 is 17.7 Å². The van der Waals surface area contributed by atoms with E-state index in [0.29, 0.717) is 6.42 Å². The second kappa shape index (κ2) is 8.16. The van der Waals surface area contributed by atoms with Gasteiger partial charge in [-0.15, -0.1) is 0 Å². The Bertz CT molecular complexity index is 365. The van der Waals surface area contributed by atoms with Gasteiger partial charge < -0.3 is 10.5 Å². The second-order valence-corrected chi connectivity index (χ2v) is 5.25. The Labute approximate surface area is 113 Å². The molecule has 0 fully saturated rings. The van der Waals surface area contributed by atoms with Gasteiger partial charge in [-0.05, 0) is 17.5 Å². The third-order valence-electron chi connectivity index (χ3n) is 2.79. The fraction of sp³-hybridized carbons (Fsp3) is 0.500. The van der Waals surface area contributed by atoms with Gasteiger partial charge in [0, 0.05) is 17.5 Å². The zero-order valence-corrected chi connectivity index (χ0v) is 11.8. The Morgan fingerprint density at radius 3 is 2.61 bits per heavy atom. The molecule has 1 aromatic rings. The lowest BCUT2D eigenvalue weighted by molar-refractivity contribution is -0.140. The van der Waals surface area contributed by atoms with Gasteiger partial charge in [-0.1, -0.05) is 31.2 Å². The molecule has 0 saturated heterocycles. The molecule has 18 heavy (non-hydrogen) atoms. The molecule has 1 rings (SSSR count). The van der Waals surface area contributed by atoms with Crippen molar-refractivity contribution in [3.63, 3.8) is 0 Å². The summed E-state index contributed by atoms with van der Waals surface area (Å²) in [6, 6.07) is 8.44. The van der Waals surface area contributed by atoms with Crippen LogP contribution in [0.15, 0.2) is 24.3 Å². The smallest absolute Gasteiger partial charge is 0.306 e. The third kappa shape index (κ3) is 5.10. The number of methoxy groups -OCH3 is 1. The number of esters is 1. The first kappa shape index (κ1) is 15.1. The molecule has 0 aliphatic heterocycles. The average molecular weight is 267 g/mol. The summed E-state index contributed by atoms with van der Waals surface area (Å²) in [5.74, 6) is 1.42. The molecule has 4 heteroatoms. The van der Waals surface area contributed by atoms with Gasteiger partial charge in [-0.25, -0.2) is 0 Å². The summed E-state index contributed by atoms with van der Waals surface area (Å²) in [6.45, 7) is 2.14. The summed E-state index contributed by atoms with van der Waals surface area (Å²) in [5, 5.41) is 0. The molecule has 1 unspecified atom stereocenters. The van der Waals surface area contributed by atoms with E-state index in [1.165, 1.54) is 12.7 Å². The predicted octanol–water partition coefficient (Wildman–Crippen LogP) is 2.55. The van der Waals surface area contributed by atoms with Crippen LogP contribution in [0.25, 0.3) is 0 Å². The highest BCUT2D eigenvalue weighted by molar-refractivity contribution is 7.99. The lowest BCUT2D eigenvalue weighted by atomic mass is 10.1. The average Bonchev–Trinajstić information content (AvgIpc) is 2.43. The number of nitrogens with two attached hydrogens (primary N) is 1. The summed E-state index contributed by atoms with van der Waals surface area (Å²) < 4.78 is 4.58. The van der Waals surface area contributed by atoms with E-state index in [9.17, 15) is 4.79 Å². The van der Waals surface area contributed by atoms with Crippen LogP contribution in [0.3, 0.4) is 0 Å². The Balaban J connectivity index is 2.31. The molecule has 0 aromatic heterocycles. The summed E-state index contributed by atoms with van der Waals surface area (Å²) >= 11 is 1.68. The lowest BCUT2D eigenvalue weighted by Gasteiger charge is -2.12. The first-order valence-electron chi connectivity index (χ1n) is 6.16. The molecule has 0 bridgehead atoms. The maximum atomic E-state index is 10.9. The fourth-order valence-corrected chi connectivity index (χ4v) is 2.49. The molecule has 1 atom stereocenters. The third-order valence-corrected chi connectivity index (χ3v) is 3.88. The minimum Gasteiger partial charge on any atom is -0.469 e. The largest absolute Gasteiger partial charge is 0.469 e. The van der Waals surface area contributed by atoms with Gasteiger partial charge >= 0.3 is 5.97 Å². The summed E-state index contributed by atoms with van der Waals surface area (Å²) in [5.41, 5.74) is 8.57. The number of rotatable bonds is 7. The van der Waals surface area contributed by atoms with Crippen molar-refractivity contribution in [1.82, 2.24) is 0 Å². The van der Waals surface area contributed by atoms with Gasteiger partial charge in [0.2, 0.25) is 0 Å². The number of hydrogen-bond donors (Lipinski definition) is 1. The number of carbonyl (C=O) groups excluding carboxylic acids is 1. The Hall–Kier alpha value is -1.00. The van der Waals surface area contributed by atoms with E-state index < -0.39 is 0 Å². The van der Waals surface area contributed by atoms with Crippen molar-refractivity contribution in [2.24, 2.45) is 5.73 Å². The van der Waals surface area contributed by atoms with E-state index >= 15 is 0 Å². The van der Waals surface area contributed by atoms with Crippen molar-refractivity contribution in [1.29, 1.82) is 0 Å². The number of benzene rings is 1. The zero-order chi connectivity index (χ0) is 13.4. The maximum absolute atomic E-state index is 10.9. The van der Waals surface area contributed by atoms with Crippen LogP contribution in [0.4, 0.5) is 0 Å². The van der Waals surface area contributed by atoms with Crippen LogP contribution < -0.4 is 5.73 Å². The quantitative estimate of drug-likeness (QED) is 0.609. The van der Waals surface area contributed by atoms with Crippen LogP contribution >= 0.6 is 11.8 Å². The topological polar surface area (TPSA) is 52.3 Å². The van der Waals surface area contributed by atoms with Crippen molar-refractivity contribution in [3.8, 4) is 0 Å². The molecular weight excluding hydrogens is 246 g/mol. The normalized spacial score (nSPS) is 12.2. The molecule has 0 amide bonds. The molecule has 0 radical (unpaired) electrons. The van der Waals surface area contributed by atoms with E-state index in [-0.39, 0.29) is 12.0 Å². The highest BCUT2D eigenvalue weighted by atomic mass is 32.2. The summed E-state index contributed by atoms with van der Waals surface area (Å²) in [7, 11) is 1.41. The first-order valence-corrected chi connectivity index (χ1v) is 7.31. The number of hydrogen-bond acceptors (Lipinski definition) is 4. The van der Waals surface area contributed by atoms with Crippen LogP contribution in [0.5, 0.6) is 0 Å². The van der Waals surface area contributed by atoms with Crippen LogP contribution in [-0.4, -0.2) is 24.6 Å². The molecule has 3 nitrogen and oxygen atoms in total. The molecule has 1 aromatic carbocycles. The van der Waals surface area contributed by atoms with E-state index in [4.69, 9.17) is 5.73 Å². The summed E-state index contributed by atoms with van der Waals surface area (Å²) in [6.07, 6.45) is 1.49. The molecule has 100 valence electrons. The van der Waals surface area contributed by atoms with Crippen molar-refractivity contribution in [2.75, 3.05) is 18.6 Å². The van der Waals surface area contributed by atoms with E-state index in [1.54, 1.807) is 11.8 Å². The highest BCUT2D eigenvalue weighted by Gasteiger charge is 2.07. The molecule has 0 spiro atoms. The van der Waals surface area contributed by atoms with Crippen molar-refractivity contribution in [2.45, 2.75) is 25.8 Å². The Morgan fingerprint density at radius 2 is 2.06 bits per heavy atom. The van der Waals surface area contributed by atoms with Gasteiger partial charge in [-0.2, -0.15) is 11.8 Å². The number of aryl methyl sites for hydroxylation is 1. The summed E-state index contributed by atoms with van der Waals surface area (Å²) in [4.78, 5) is 10.9. The van der Waals surface area contributed by atoms with Gasteiger partial charge in [0.25, 0.3) is 0 Å².